The molecule has 0 radical (unpaired) electrons. The quantitative estimate of drug-likeness (QED) is 0.123. The van der Waals surface area contributed by atoms with Gasteiger partial charge in [-0.3, -0.25) is 4.79 Å². The van der Waals surface area contributed by atoms with Crippen LogP contribution in [0.4, 0.5) is 17.6 Å². The van der Waals surface area contributed by atoms with Crippen LogP contribution in [0.15, 0.2) is 17.8 Å². The van der Waals surface area contributed by atoms with Crippen LogP contribution in [-0.2, 0) is 9.53 Å². The number of halogens is 5. The number of ketones is 1. The van der Waals surface area contributed by atoms with Gasteiger partial charge in [0.15, 0.2) is 17.5 Å². The van der Waals surface area contributed by atoms with Crippen LogP contribution in [0.25, 0.3) is 0 Å². The Morgan fingerprint density at radius 1 is 1.38 bits per heavy atom. The van der Waals surface area contributed by atoms with Gasteiger partial charge in [0.2, 0.25) is 5.78 Å². The van der Waals surface area contributed by atoms with Crippen molar-refractivity contribution >= 4 is 23.4 Å². The van der Waals surface area contributed by atoms with E-state index in [0.717, 1.165) is 6.20 Å². The third kappa shape index (κ3) is 3.69. The summed E-state index contributed by atoms with van der Waals surface area (Å²) in [6.45, 7) is 1.39. The van der Waals surface area contributed by atoms with Crippen LogP contribution >= 0.6 is 11.6 Å². The molecule has 1 fully saturated rings. The molecule has 4 nitrogen and oxygen atoms in total. The number of esters is 1. The molecule has 0 saturated heterocycles. The Bertz CT molecular complexity index is 723. The number of carbonyl (C=O) groups is 2. The zero-order valence-electron chi connectivity index (χ0n) is 12.3. The highest BCUT2D eigenvalue weighted by molar-refractivity contribution is 6.32. The maximum atomic E-state index is 14.0. The van der Waals surface area contributed by atoms with Crippen molar-refractivity contribution in [1.82, 2.24) is 5.32 Å². The molecule has 1 saturated carbocycles. The summed E-state index contributed by atoms with van der Waals surface area (Å²) in [6, 6.07) is -0.290. The lowest BCUT2D eigenvalue weighted by Crippen LogP contribution is -2.22. The van der Waals surface area contributed by atoms with Gasteiger partial charge in [0.1, 0.15) is 16.8 Å². The molecule has 9 heteroatoms. The van der Waals surface area contributed by atoms with Gasteiger partial charge in [-0.05, 0) is 13.0 Å². The van der Waals surface area contributed by atoms with Crippen LogP contribution in [0.3, 0.4) is 0 Å². The zero-order valence-corrected chi connectivity index (χ0v) is 13.1. The van der Waals surface area contributed by atoms with Gasteiger partial charge in [0.05, 0.1) is 18.2 Å². The second kappa shape index (κ2) is 7.21. The van der Waals surface area contributed by atoms with E-state index in [2.05, 4.69) is 10.1 Å². The minimum atomic E-state index is -1.65. The third-order valence-electron chi connectivity index (χ3n) is 3.24. The number of Topliss-reactive ketones (excluding diaryl/α,β-unsaturated/α-hetero) is 1. The zero-order chi connectivity index (χ0) is 18.0. The van der Waals surface area contributed by atoms with E-state index in [9.17, 15) is 27.2 Å². The van der Waals surface area contributed by atoms with E-state index in [1.807, 2.05) is 0 Å². The molecular weight excluding hydrogens is 354 g/mol. The Hall–Kier alpha value is -2.09. The molecule has 1 aliphatic carbocycles. The molecule has 1 aromatic rings. The topological polar surface area (TPSA) is 55.4 Å². The minimum Gasteiger partial charge on any atom is -0.462 e. The molecular formula is C15H12ClF4NO3. The SMILES string of the molecule is CCOC(=O)C(=CNC1CC1F)C(=O)c1cc(F)c(F)c(Cl)c1F. The fourth-order valence-corrected chi connectivity index (χ4v) is 2.03. The summed E-state index contributed by atoms with van der Waals surface area (Å²) in [6.07, 6.45) is -0.0695. The fourth-order valence-electron chi connectivity index (χ4n) is 1.84. The van der Waals surface area contributed by atoms with E-state index in [1.54, 1.807) is 0 Å². The first-order valence-electron chi connectivity index (χ1n) is 6.93. The van der Waals surface area contributed by atoms with Crippen molar-refractivity contribution in [3.8, 4) is 0 Å². The van der Waals surface area contributed by atoms with Crippen LogP contribution in [-0.4, -0.2) is 30.6 Å². The molecule has 2 unspecified atom stereocenters. The Balaban J connectivity index is 2.39. The van der Waals surface area contributed by atoms with Crippen LogP contribution in [0, 0.1) is 17.5 Å². The van der Waals surface area contributed by atoms with Gasteiger partial charge < -0.3 is 10.1 Å². The summed E-state index contributed by atoms with van der Waals surface area (Å²) >= 11 is 5.29. The van der Waals surface area contributed by atoms with Gasteiger partial charge in [-0.25, -0.2) is 22.4 Å². The van der Waals surface area contributed by atoms with E-state index < -0.39 is 57.6 Å². The summed E-state index contributed by atoms with van der Waals surface area (Å²) in [7, 11) is 0. The molecule has 0 heterocycles. The molecule has 0 bridgehead atoms. The summed E-state index contributed by atoms with van der Waals surface area (Å²) in [5.41, 5.74) is -1.62. The second-order valence-corrected chi connectivity index (χ2v) is 5.36. The highest BCUT2D eigenvalue weighted by Crippen LogP contribution is 2.27. The van der Waals surface area contributed by atoms with Crippen LogP contribution < -0.4 is 5.32 Å². The standard InChI is InChI=1S/C15H12ClF4NO3/c1-2-24-15(23)7(5-21-10-4-8(10)17)14(22)6-3-9(18)13(20)11(16)12(6)19/h3,5,8,10,21H,2,4H2,1H3. The molecule has 24 heavy (non-hydrogen) atoms. The Kier molecular flexibility index (Phi) is 5.48. The number of rotatable bonds is 6. The van der Waals surface area contributed by atoms with Crippen molar-refractivity contribution < 1.29 is 31.9 Å². The van der Waals surface area contributed by atoms with Gasteiger partial charge in [-0.1, -0.05) is 11.6 Å². The van der Waals surface area contributed by atoms with Gasteiger partial charge >= 0.3 is 5.97 Å². The lowest BCUT2D eigenvalue weighted by atomic mass is 10.0. The fraction of sp³-hybridized carbons (Fsp3) is 0.333. The molecule has 0 aliphatic heterocycles. The number of hydrogen-bond acceptors (Lipinski definition) is 4. The van der Waals surface area contributed by atoms with E-state index in [4.69, 9.17) is 11.6 Å². The monoisotopic (exact) mass is 365 g/mol. The van der Waals surface area contributed by atoms with E-state index in [0.29, 0.717) is 6.07 Å². The number of nitrogens with one attached hydrogen (secondary N) is 1. The predicted octanol–water partition coefficient (Wildman–Crippen LogP) is 3.09. The van der Waals surface area contributed by atoms with Gasteiger partial charge in [0.25, 0.3) is 0 Å². The molecule has 1 aromatic carbocycles. The number of hydrogen-bond donors (Lipinski definition) is 1. The number of alkyl halides is 1. The van der Waals surface area contributed by atoms with Gasteiger partial charge in [0, 0.05) is 12.6 Å². The molecule has 2 rings (SSSR count). The van der Waals surface area contributed by atoms with Crippen molar-refractivity contribution in [2.45, 2.75) is 25.6 Å². The lowest BCUT2D eigenvalue weighted by molar-refractivity contribution is -0.138. The average Bonchev–Trinajstić information content (AvgIpc) is 3.24. The van der Waals surface area contributed by atoms with Gasteiger partial charge in [-0.2, -0.15) is 0 Å². The van der Waals surface area contributed by atoms with Crippen molar-refractivity contribution in [3.63, 3.8) is 0 Å². The van der Waals surface area contributed by atoms with Crippen LogP contribution in [0.5, 0.6) is 0 Å². The summed E-state index contributed by atoms with van der Waals surface area (Å²) in [5.74, 6) is -7.09. The van der Waals surface area contributed by atoms with E-state index >= 15 is 0 Å². The summed E-state index contributed by atoms with van der Waals surface area (Å²) < 4.78 is 58.1. The van der Waals surface area contributed by atoms with E-state index in [-0.39, 0.29) is 13.0 Å². The Morgan fingerprint density at radius 3 is 2.54 bits per heavy atom. The normalized spacial score (nSPS) is 19.8. The largest absolute Gasteiger partial charge is 0.462 e. The highest BCUT2D eigenvalue weighted by Gasteiger charge is 2.37. The first kappa shape index (κ1) is 18.3. The third-order valence-corrected chi connectivity index (χ3v) is 3.57. The summed E-state index contributed by atoms with van der Waals surface area (Å²) in [4.78, 5) is 24.2. The van der Waals surface area contributed by atoms with Crippen molar-refractivity contribution in [2.75, 3.05) is 6.61 Å². The predicted molar refractivity (Wildman–Crippen MR) is 76.8 cm³/mol. The number of ether oxygens (including phenoxy) is 1. The highest BCUT2D eigenvalue weighted by atomic mass is 35.5. The minimum absolute atomic E-state index is 0.0837. The molecule has 1 aliphatic rings. The van der Waals surface area contributed by atoms with Crippen LogP contribution in [0.1, 0.15) is 23.7 Å². The van der Waals surface area contributed by atoms with Crippen molar-refractivity contribution in [3.05, 3.63) is 45.9 Å². The molecule has 0 amide bonds. The smallest absolute Gasteiger partial charge is 0.343 e. The number of carbonyl (C=O) groups excluding carboxylic acids is 2. The first-order valence-corrected chi connectivity index (χ1v) is 7.30. The van der Waals surface area contributed by atoms with Crippen LogP contribution in [0.2, 0.25) is 5.02 Å². The second-order valence-electron chi connectivity index (χ2n) is 4.98. The molecule has 1 N–H and O–H groups in total. The molecule has 130 valence electrons. The maximum Gasteiger partial charge on any atom is 0.343 e. The Labute approximate surface area is 139 Å². The molecule has 2 atom stereocenters. The van der Waals surface area contributed by atoms with E-state index in [1.165, 1.54) is 6.92 Å². The van der Waals surface area contributed by atoms with Crippen molar-refractivity contribution in [1.29, 1.82) is 0 Å². The number of benzene rings is 1. The molecule has 0 spiro atoms. The summed E-state index contributed by atoms with van der Waals surface area (Å²) in [5, 5.41) is 1.27. The van der Waals surface area contributed by atoms with Gasteiger partial charge in [-0.15, -0.1) is 0 Å². The Morgan fingerprint density at radius 2 is 2.00 bits per heavy atom. The lowest BCUT2D eigenvalue weighted by Gasteiger charge is -2.09. The average molecular weight is 366 g/mol. The first-order chi connectivity index (χ1) is 11.3. The van der Waals surface area contributed by atoms with Crippen molar-refractivity contribution in [2.24, 2.45) is 0 Å². The molecule has 0 aromatic heterocycles. The maximum absolute atomic E-state index is 14.0.